The third-order valence-electron chi connectivity index (χ3n) is 5.76. The number of ether oxygens (including phenoxy) is 1. The van der Waals surface area contributed by atoms with E-state index in [0.29, 0.717) is 22.4 Å². The maximum atomic E-state index is 13.7. The van der Waals surface area contributed by atoms with E-state index >= 15 is 0 Å². The van der Waals surface area contributed by atoms with Crippen LogP contribution in [0.2, 0.25) is 0 Å². The number of fused-ring (bicyclic) bond motifs is 1. The van der Waals surface area contributed by atoms with Crippen molar-refractivity contribution in [1.82, 2.24) is 5.32 Å². The highest BCUT2D eigenvalue weighted by Gasteiger charge is 2.40. The average Bonchev–Trinajstić information content (AvgIpc) is 2.84. The van der Waals surface area contributed by atoms with Gasteiger partial charge in [0.15, 0.2) is 4.91 Å². The molecule has 1 aliphatic heterocycles. The molecule has 180 valence electrons. The highest BCUT2D eigenvalue weighted by Crippen LogP contribution is 2.42. The Morgan fingerprint density at radius 1 is 1.03 bits per heavy atom. The van der Waals surface area contributed by atoms with Crippen LogP contribution in [0.1, 0.15) is 22.3 Å². The van der Waals surface area contributed by atoms with Crippen molar-refractivity contribution in [2.75, 3.05) is 24.0 Å². The van der Waals surface area contributed by atoms with E-state index in [0.717, 1.165) is 16.9 Å². The molecule has 0 spiro atoms. The molecule has 0 saturated carbocycles. The Bertz CT molecular complexity index is 1400. The molecule has 0 aliphatic carbocycles. The number of carbonyl (C=O) groups is 1. The molecule has 0 aromatic heterocycles. The van der Waals surface area contributed by atoms with E-state index < -0.39 is 15.9 Å². The smallest absolute Gasteiger partial charge is 0.270 e. The maximum Gasteiger partial charge on any atom is 0.270 e. The molecular weight excluding hydrogens is 460 g/mol. The molecule has 0 fully saturated rings. The Balaban J connectivity index is 1.69. The van der Waals surface area contributed by atoms with Gasteiger partial charge in [0.25, 0.3) is 15.9 Å². The third-order valence-corrected chi connectivity index (χ3v) is 7.59. The first-order valence-corrected chi connectivity index (χ1v) is 12.8. The molecule has 7 heteroatoms. The SMILES string of the molecule is C=CCN1c2ccccc2C(c2ccccc2)=C(C(=O)NCCOc2ccc(C)cc2C)S1(=O)=O. The van der Waals surface area contributed by atoms with Gasteiger partial charge in [-0.25, -0.2) is 8.42 Å². The fraction of sp³-hybridized carbons (Fsp3) is 0.179. The summed E-state index contributed by atoms with van der Waals surface area (Å²) < 4.78 is 34.5. The number of hydrogen-bond acceptors (Lipinski definition) is 4. The Labute approximate surface area is 206 Å². The lowest BCUT2D eigenvalue weighted by Crippen LogP contribution is -2.42. The molecule has 0 saturated heterocycles. The molecule has 0 unspecified atom stereocenters. The summed E-state index contributed by atoms with van der Waals surface area (Å²) in [7, 11) is -4.15. The van der Waals surface area contributed by atoms with Gasteiger partial charge in [-0.05, 0) is 37.1 Å². The van der Waals surface area contributed by atoms with Gasteiger partial charge in [0.05, 0.1) is 18.8 Å². The second-order valence-corrected chi connectivity index (χ2v) is 10.1. The summed E-state index contributed by atoms with van der Waals surface area (Å²) in [4.78, 5) is 13.1. The van der Waals surface area contributed by atoms with Crippen LogP contribution in [-0.4, -0.2) is 34.0 Å². The normalized spacial score (nSPS) is 14.3. The minimum atomic E-state index is -4.15. The van der Waals surface area contributed by atoms with Gasteiger partial charge in [-0.15, -0.1) is 6.58 Å². The summed E-state index contributed by atoms with van der Waals surface area (Å²) >= 11 is 0. The molecule has 3 aromatic rings. The van der Waals surface area contributed by atoms with Crippen LogP contribution in [-0.2, 0) is 14.8 Å². The summed E-state index contributed by atoms with van der Waals surface area (Å²) in [6.45, 7) is 8.07. The number of sulfonamides is 1. The van der Waals surface area contributed by atoms with Crippen LogP contribution in [0.15, 0.2) is 90.4 Å². The van der Waals surface area contributed by atoms with Gasteiger partial charge in [0.2, 0.25) is 0 Å². The van der Waals surface area contributed by atoms with Crippen molar-refractivity contribution in [3.8, 4) is 5.75 Å². The zero-order chi connectivity index (χ0) is 25.0. The molecule has 3 aromatic carbocycles. The lowest BCUT2D eigenvalue weighted by molar-refractivity contribution is -0.116. The van der Waals surface area contributed by atoms with E-state index in [2.05, 4.69) is 11.9 Å². The van der Waals surface area contributed by atoms with Crippen LogP contribution in [0.4, 0.5) is 5.69 Å². The Hall–Kier alpha value is -3.84. The number of nitrogens with zero attached hydrogens (tertiary/aromatic N) is 1. The average molecular weight is 489 g/mol. The fourth-order valence-electron chi connectivity index (χ4n) is 4.20. The predicted molar refractivity (Wildman–Crippen MR) is 140 cm³/mol. The van der Waals surface area contributed by atoms with Gasteiger partial charge in [-0.2, -0.15) is 0 Å². The van der Waals surface area contributed by atoms with Gasteiger partial charge < -0.3 is 10.1 Å². The van der Waals surface area contributed by atoms with Gasteiger partial charge in [-0.3, -0.25) is 9.10 Å². The van der Waals surface area contributed by atoms with E-state index in [1.165, 1.54) is 10.4 Å². The minimum Gasteiger partial charge on any atom is -0.491 e. The van der Waals surface area contributed by atoms with Gasteiger partial charge >= 0.3 is 0 Å². The van der Waals surface area contributed by atoms with E-state index in [1.807, 2.05) is 62.4 Å². The molecule has 1 amide bonds. The second-order valence-electron chi connectivity index (χ2n) is 8.29. The predicted octanol–water partition coefficient (Wildman–Crippen LogP) is 4.59. The lowest BCUT2D eigenvalue weighted by atomic mass is 9.95. The van der Waals surface area contributed by atoms with Gasteiger partial charge in [0.1, 0.15) is 12.4 Å². The summed E-state index contributed by atoms with van der Waals surface area (Å²) in [5, 5.41) is 2.75. The number of rotatable bonds is 8. The molecule has 0 radical (unpaired) electrons. The highest BCUT2D eigenvalue weighted by atomic mass is 32.2. The molecule has 1 aliphatic rings. The zero-order valence-electron chi connectivity index (χ0n) is 19.8. The van der Waals surface area contributed by atoms with Crippen molar-refractivity contribution in [1.29, 1.82) is 0 Å². The summed E-state index contributed by atoms with van der Waals surface area (Å²) in [5.74, 6) is 0.0575. The van der Waals surface area contributed by atoms with Crippen molar-refractivity contribution >= 4 is 27.2 Å². The molecule has 0 bridgehead atoms. The number of amides is 1. The van der Waals surface area contributed by atoms with Crippen molar-refractivity contribution in [2.45, 2.75) is 13.8 Å². The molecule has 35 heavy (non-hydrogen) atoms. The number of carbonyl (C=O) groups excluding carboxylic acids is 1. The van der Waals surface area contributed by atoms with E-state index in [4.69, 9.17) is 4.74 Å². The first-order valence-electron chi connectivity index (χ1n) is 11.4. The summed E-state index contributed by atoms with van der Waals surface area (Å²) in [5.41, 5.74) is 4.35. The maximum absolute atomic E-state index is 13.7. The highest BCUT2D eigenvalue weighted by molar-refractivity contribution is 7.97. The first-order chi connectivity index (χ1) is 16.8. The number of aryl methyl sites for hydroxylation is 2. The first kappa shape index (κ1) is 24.3. The number of para-hydroxylation sites is 1. The van der Waals surface area contributed by atoms with Crippen LogP contribution < -0.4 is 14.4 Å². The standard InChI is InChI=1S/C28H28N2O4S/c1-4-17-30-24-13-9-8-12-23(24)26(22-10-6-5-7-11-22)27(35(30,32)33)28(31)29-16-18-34-25-15-14-20(2)19-21(25)3/h4-15,19H,1,16-18H2,2-3H3,(H,29,31). The van der Waals surface area contributed by atoms with Crippen LogP contribution in [0.25, 0.3) is 5.57 Å². The molecular formula is C28H28N2O4S. The minimum absolute atomic E-state index is 0.0496. The molecule has 4 rings (SSSR count). The van der Waals surface area contributed by atoms with Crippen molar-refractivity contribution in [2.24, 2.45) is 0 Å². The van der Waals surface area contributed by atoms with Crippen molar-refractivity contribution in [3.05, 3.63) is 113 Å². The summed E-state index contributed by atoms with van der Waals surface area (Å²) in [6.07, 6.45) is 1.51. The fourth-order valence-corrected chi connectivity index (χ4v) is 5.93. The van der Waals surface area contributed by atoms with Crippen LogP contribution >= 0.6 is 0 Å². The van der Waals surface area contributed by atoms with Crippen molar-refractivity contribution < 1.29 is 17.9 Å². The Morgan fingerprint density at radius 2 is 1.74 bits per heavy atom. The van der Waals surface area contributed by atoms with Crippen molar-refractivity contribution in [3.63, 3.8) is 0 Å². The topological polar surface area (TPSA) is 75.7 Å². The monoisotopic (exact) mass is 488 g/mol. The molecule has 0 atom stereocenters. The molecule has 1 heterocycles. The number of benzene rings is 3. The second kappa shape index (κ2) is 10.2. The van der Waals surface area contributed by atoms with Crippen LogP contribution in [0.3, 0.4) is 0 Å². The number of hydrogen-bond donors (Lipinski definition) is 1. The Morgan fingerprint density at radius 3 is 2.46 bits per heavy atom. The number of nitrogens with one attached hydrogen (secondary N) is 1. The van der Waals surface area contributed by atoms with Crippen LogP contribution in [0, 0.1) is 13.8 Å². The van der Waals surface area contributed by atoms with Gasteiger partial charge in [-0.1, -0.05) is 72.3 Å². The largest absolute Gasteiger partial charge is 0.491 e. The van der Waals surface area contributed by atoms with E-state index in [-0.39, 0.29) is 24.6 Å². The van der Waals surface area contributed by atoms with Crippen LogP contribution in [0.5, 0.6) is 5.75 Å². The third kappa shape index (κ3) is 4.86. The Kier molecular flexibility index (Phi) is 7.07. The molecule has 1 N–H and O–H groups in total. The molecule has 6 nitrogen and oxygen atoms in total. The quantitative estimate of drug-likeness (QED) is 0.372. The van der Waals surface area contributed by atoms with E-state index in [9.17, 15) is 13.2 Å². The lowest BCUT2D eigenvalue weighted by Gasteiger charge is -2.32. The van der Waals surface area contributed by atoms with Gasteiger partial charge in [0, 0.05) is 11.1 Å². The van der Waals surface area contributed by atoms with E-state index in [1.54, 1.807) is 24.3 Å². The number of anilines is 1. The summed E-state index contributed by atoms with van der Waals surface area (Å²) in [6, 6.07) is 22.2. The zero-order valence-corrected chi connectivity index (χ0v) is 20.6.